The predicted octanol–water partition coefficient (Wildman–Crippen LogP) is 1.29. The summed E-state index contributed by atoms with van der Waals surface area (Å²) in [6.45, 7) is 2.86. The number of carbonyl (C=O) groups is 2. The summed E-state index contributed by atoms with van der Waals surface area (Å²) in [5, 5.41) is 11.9. The molecule has 1 saturated carbocycles. The zero-order valence-corrected chi connectivity index (χ0v) is 10.2. The number of nitrogens with zero attached hydrogens (tertiary/aromatic N) is 1. The van der Waals surface area contributed by atoms with Crippen LogP contribution in [0.2, 0.25) is 0 Å². The number of carboxylic acids is 1. The molecule has 0 aromatic carbocycles. The first kappa shape index (κ1) is 12.2. The van der Waals surface area contributed by atoms with Gasteiger partial charge < -0.3 is 15.3 Å². The molecule has 17 heavy (non-hydrogen) atoms. The topological polar surface area (TPSA) is 69.6 Å². The van der Waals surface area contributed by atoms with Gasteiger partial charge >= 0.3 is 12.0 Å². The van der Waals surface area contributed by atoms with Gasteiger partial charge in [0.25, 0.3) is 0 Å². The van der Waals surface area contributed by atoms with E-state index < -0.39 is 5.97 Å². The third-order valence-electron chi connectivity index (χ3n) is 3.98. The lowest BCUT2D eigenvalue weighted by Gasteiger charge is -2.41. The second-order valence-corrected chi connectivity index (χ2v) is 5.22. The van der Waals surface area contributed by atoms with Gasteiger partial charge in [-0.3, -0.25) is 4.79 Å². The van der Waals surface area contributed by atoms with Gasteiger partial charge in [-0.15, -0.1) is 0 Å². The van der Waals surface area contributed by atoms with E-state index in [1.54, 1.807) is 11.8 Å². The van der Waals surface area contributed by atoms with Crippen LogP contribution in [0.4, 0.5) is 4.79 Å². The average Bonchev–Trinajstić information content (AvgIpc) is 2.67. The summed E-state index contributed by atoms with van der Waals surface area (Å²) in [5.41, 5.74) is 0. The molecule has 0 radical (unpaired) electrons. The summed E-state index contributed by atoms with van der Waals surface area (Å²) in [6.07, 6.45) is 4.55. The van der Waals surface area contributed by atoms with Gasteiger partial charge in [0.15, 0.2) is 0 Å². The van der Waals surface area contributed by atoms with E-state index in [4.69, 9.17) is 5.11 Å². The minimum Gasteiger partial charge on any atom is -0.481 e. The molecule has 1 aliphatic carbocycles. The van der Waals surface area contributed by atoms with Gasteiger partial charge in [-0.1, -0.05) is 19.8 Å². The summed E-state index contributed by atoms with van der Waals surface area (Å²) in [5.74, 6) is -1.02. The van der Waals surface area contributed by atoms with Gasteiger partial charge in [0.2, 0.25) is 0 Å². The SMILES string of the molecule is CC(C(=O)O)C1CN(C(=O)NC2CCCC2)C1. The minimum atomic E-state index is -0.772. The van der Waals surface area contributed by atoms with E-state index in [1.165, 1.54) is 12.8 Å². The molecular formula is C12H20N2O3. The van der Waals surface area contributed by atoms with Crippen LogP contribution >= 0.6 is 0 Å². The van der Waals surface area contributed by atoms with Crippen LogP contribution in [0.5, 0.6) is 0 Å². The highest BCUT2D eigenvalue weighted by molar-refractivity contribution is 5.76. The van der Waals surface area contributed by atoms with Gasteiger partial charge in [0, 0.05) is 25.0 Å². The molecule has 0 aromatic heterocycles. The first-order chi connectivity index (χ1) is 8.08. The normalized spacial score (nSPS) is 23.2. The van der Waals surface area contributed by atoms with Crippen molar-refractivity contribution in [3.8, 4) is 0 Å². The number of amides is 2. The van der Waals surface area contributed by atoms with E-state index in [0.717, 1.165) is 12.8 Å². The Bertz CT molecular complexity index is 307. The highest BCUT2D eigenvalue weighted by Crippen LogP contribution is 2.25. The number of likely N-dealkylation sites (tertiary alicyclic amines) is 1. The molecule has 2 fully saturated rings. The first-order valence-corrected chi connectivity index (χ1v) is 6.36. The van der Waals surface area contributed by atoms with Crippen LogP contribution in [0.25, 0.3) is 0 Å². The van der Waals surface area contributed by atoms with Crippen LogP contribution in [-0.4, -0.2) is 41.1 Å². The Hall–Kier alpha value is -1.26. The molecule has 5 nitrogen and oxygen atoms in total. The number of carbonyl (C=O) groups excluding carboxylic acids is 1. The Kier molecular flexibility index (Phi) is 3.54. The van der Waals surface area contributed by atoms with E-state index >= 15 is 0 Å². The van der Waals surface area contributed by atoms with E-state index in [2.05, 4.69) is 5.32 Å². The largest absolute Gasteiger partial charge is 0.481 e. The fourth-order valence-electron chi connectivity index (χ4n) is 2.53. The molecule has 0 bridgehead atoms. The van der Waals surface area contributed by atoms with Crippen LogP contribution in [0, 0.1) is 11.8 Å². The number of urea groups is 1. The van der Waals surface area contributed by atoms with Crippen molar-refractivity contribution >= 4 is 12.0 Å². The van der Waals surface area contributed by atoms with Crippen LogP contribution in [0.3, 0.4) is 0 Å². The number of carboxylic acid groups (broad SMARTS) is 1. The summed E-state index contributed by atoms with van der Waals surface area (Å²) in [6, 6.07) is 0.309. The molecule has 1 aliphatic heterocycles. The third kappa shape index (κ3) is 2.70. The van der Waals surface area contributed by atoms with E-state index in [1.807, 2.05) is 0 Å². The van der Waals surface area contributed by atoms with Crippen molar-refractivity contribution < 1.29 is 14.7 Å². The lowest BCUT2D eigenvalue weighted by atomic mass is 9.87. The Morgan fingerprint density at radius 1 is 1.29 bits per heavy atom. The quantitative estimate of drug-likeness (QED) is 0.781. The zero-order valence-electron chi connectivity index (χ0n) is 10.2. The number of hydrogen-bond acceptors (Lipinski definition) is 2. The van der Waals surface area contributed by atoms with E-state index in [-0.39, 0.29) is 17.9 Å². The van der Waals surface area contributed by atoms with Crippen molar-refractivity contribution in [3.63, 3.8) is 0 Å². The van der Waals surface area contributed by atoms with Crippen molar-refractivity contribution in [2.75, 3.05) is 13.1 Å². The van der Waals surface area contributed by atoms with Gasteiger partial charge in [-0.25, -0.2) is 4.79 Å². The van der Waals surface area contributed by atoms with E-state index in [9.17, 15) is 9.59 Å². The lowest BCUT2D eigenvalue weighted by Crippen LogP contribution is -2.57. The fraction of sp³-hybridized carbons (Fsp3) is 0.833. The predicted molar refractivity (Wildman–Crippen MR) is 62.7 cm³/mol. The maximum atomic E-state index is 11.8. The molecule has 2 amide bonds. The summed E-state index contributed by atoms with van der Waals surface area (Å²) in [7, 11) is 0. The van der Waals surface area contributed by atoms with Gasteiger partial charge in [0.05, 0.1) is 5.92 Å². The van der Waals surface area contributed by atoms with Crippen molar-refractivity contribution in [3.05, 3.63) is 0 Å². The Balaban J connectivity index is 1.71. The minimum absolute atomic E-state index is 0.0225. The Morgan fingerprint density at radius 3 is 2.41 bits per heavy atom. The molecule has 1 unspecified atom stereocenters. The molecule has 5 heteroatoms. The second-order valence-electron chi connectivity index (χ2n) is 5.22. The number of rotatable bonds is 3. The monoisotopic (exact) mass is 240 g/mol. The van der Waals surface area contributed by atoms with Gasteiger partial charge in [-0.05, 0) is 12.8 Å². The molecule has 0 aromatic rings. The van der Waals surface area contributed by atoms with Gasteiger partial charge in [-0.2, -0.15) is 0 Å². The molecule has 2 rings (SSSR count). The molecule has 2 aliphatic rings. The summed E-state index contributed by atoms with van der Waals surface area (Å²) in [4.78, 5) is 24.3. The molecule has 1 heterocycles. The molecule has 1 atom stereocenters. The van der Waals surface area contributed by atoms with Gasteiger partial charge in [0.1, 0.15) is 0 Å². The summed E-state index contributed by atoms with van der Waals surface area (Å²) >= 11 is 0. The number of nitrogens with one attached hydrogen (secondary N) is 1. The van der Waals surface area contributed by atoms with Crippen molar-refractivity contribution in [2.24, 2.45) is 11.8 Å². The number of aliphatic carboxylic acids is 1. The molecular weight excluding hydrogens is 220 g/mol. The van der Waals surface area contributed by atoms with E-state index in [0.29, 0.717) is 19.1 Å². The smallest absolute Gasteiger partial charge is 0.317 e. The van der Waals surface area contributed by atoms with Crippen molar-refractivity contribution in [1.29, 1.82) is 0 Å². The summed E-state index contributed by atoms with van der Waals surface area (Å²) < 4.78 is 0. The van der Waals surface area contributed by atoms with Crippen LogP contribution in [0.1, 0.15) is 32.6 Å². The highest BCUT2D eigenvalue weighted by Gasteiger charge is 2.37. The highest BCUT2D eigenvalue weighted by atomic mass is 16.4. The number of hydrogen-bond donors (Lipinski definition) is 2. The molecule has 0 spiro atoms. The maximum Gasteiger partial charge on any atom is 0.317 e. The second kappa shape index (κ2) is 4.94. The molecule has 2 N–H and O–H groups in total. The fourth-order valence-corrected chi connectivity index (χ4v) is 2.53. The maximum absolute atomic E-state index is 11.8. The Morgan fingerprint density at radius 2 is 1.88 bits per heavy atom. The first-order valence-electron chi connectivity index (χ1n) is 6.36. The lowest BCUT2D eigenvalue weighted by molar-refractivity contribution is -0.144. The molecule has 96 valence electrons. The van der Waals surface area contributed by atoms with Crippen LogP contribution in [-0.2, 0) is 4.79 Å². The Labute approximate surface area is 101 Å². The van der Waals surface area contributed by atoms with Crippen LogP contribution in [0.15, 0.2) is 0 Å². The molecule has 1 saturated heterocycles. The van der Waals surface area contributed by atoms with Crippen molar-refractivity contribution in [2.45, 2.75) is 38.6 Å². The third-order valence-corrected chi connectivity index (χ3v) is 3.98. The standard InChI is InChI=1S/C12H20N2O3/c1-8(11(15)16)9-6-14(7-9)12(17)13-10-4-2-3-5-10/h8-10H,2-7H2,1H3,(H,13,17)(H,15,16). The van der Waals surface area contributed by atoms with Crippen molar-refractivity contribution in [1.82, 2.24) is 10.2 Å². The zero-order chi connectivity index (χ0) is 12.4. The average molecular weight is 240 g/mol. The van der Waals surface area contributed by atoms with Crippen LogP contribution < -0.4 is 5.32 Å².